The molecule has 7 heteroatoms. The summed E-state index contributed by atoms with van der Waals surface area (Å²) in [5.74, 6) is 0. The van der Waals surface area contributed by atoms with Gasteiger partial charge < -0.3 is 15.3 Å². The molecule has 0 bridgehead atoms. The van der Waals surface area contributed by atoms with Gasteiger partial charge in [0.1, 0.15) is 5.54 Å². The van der Waals surface area contributed by atoms with E-state index in [0.717, 1.165) is 11.1 Å². The lowest BCUT2D eigenvalue weighted by Gasteiger charge is -2.28. The average molecular weight is 289 g/mol. The smallest absolute Gasteiger partial charge is 0.241 e. The molecule has 1 aromatic carbocycles. The van der Waals surface area contributed by atoms with Gasteiger partial charge in [-0.3, -0.25) is 0 Å². The van der Waals surface area contributed by atoms with E-state index in [9.17, 15) is 8.42 Å². The summed E-state index contributed by atoms with van der Waals surface area (Å²) in [4.78, 5) is 0.0234. The number of nitrogens with one attached hydrogen (secondary N) is 1. The van der Waals surface area contributed by atoms with Crippen LogP contribution in [0.15, 0.2) is 23.1 Å². The van der Waals surface area contributed by atoms with Crippen molar-refractivity contribution in [3.63, 3.8) is 0 Å². The first-order chi connectivity index (χ1) is 8.80. The highest BCUT2D eigenvalue weighted by molar-refractivity contribution is 7.89. The molecule has 108 valence electrons. The van der Waals surface area contributed by atoms with E-state index in [2.05, 4.69) is 4.72 Å². The quantitative estimate of drug-likeness (QED) is 0.554. The molecule has 0 aliphatic rings. The number of hydrogen-bond acceptors (Lipinski definition) is 5. The number of rotatable bonds is 6. The molecule has 0 aromatic heterocycles. The Kier molecular flexibility index (Phi) is 5.05. The fourth-order valence-corrected chi connectivity index (χ4v) is 2.93. The maximum Gasteiger partial charge on any atom is 0.241 e. The number of aliphatic hydroxyl groups is 3. The molecule has 0 fully saturated rings. The Hall–Kier alpha value is -0.990. The maximum atomic E-state index is 12.1. The lowest BCUT2D eigenvalue weighted by molar-refractivity contribution is 0.0582. The molecule has 0 unspecified atom stereocenters. The van der Waals surface area contributed by atoms with Crippen LogP contribution in [0.1, 0.15) is 11.1 Å². The number of benzene rings is 1. The van der Waals surface area contributed by atoms with Crippen molar-refractivity contribution >= 4 is 10.0 Å². The van der Waals surface area contributed by atoms with E-state index < -0.39 is 35.4 Å². The summed E-state index contributed by atoms with van der Waals surface area (Å²) < 4.78 is 26.4. The van der Waals surface area contributed by atoms with Gasteiger partial charge in [-0.05, 0) is 37.1 Å². The highest BCUT2D eigenvalue weighted by atomic mass is 32.2. The van der Waals surface area contributed by atoms with Gasteiger partial charge in [-0.15, -0.1) is 0 Å². The zero-order valence-corrected chi connectivity index (χ0v) is 11.7. The van der Waals surface area contributed by atoms with Crippen molar-refractivity contribution in [2.24, 2.45) is 0 Å². The van der Waals surface area contributed by atoms with Crippen molar-refractivity contribution in [1.82, 2.24) is 4.72 Å². The van der Waals surface area contributed by atoms with Crippen LogP contribution >= 0.6 is 0 Å². The van der Waals surface area contributed by atoms with Crippen molar-refractivity contribution in [3.8, 4) is 0 Å². The van der Waals surface area contributed by atoms with Gasteiger partial charge in [0.05, 0.1) is 24.7 Å². The predicted octanol–water partition coefficient (Wildman–Crippen LogP) is -0.703. The molecule has 0 aliphatic carbocycles. The van der Waals surface area contributed by atoms with Crippen LogP contribution in [0, 0.1) is 13.8 Å². The van der Waals surface area contributed by atoms with Crippen molar-refractivity contribution in [2.45, 2.75) is 24.3 Å². The Morgan fingerprint density at radius 2 is 1.58 bits per heavy atom. The van der Waals surface area contributed by atoms with Gasteiger partial charge in [-0.25, -0.2) is 8.42 Å². The predicted molar refractivity (Wildman–Crippen MR) is 70.2 cm³/mol. The number of hydrogen-bond donors (Lipinski definition) is 4. The SMILES string of the molecule is Cc1ccc(S(=O)(=O)NC(CO)(CO)CO)cc1C. The summed E-state index contributed by atoms with van der Waals surface area (Å²) in [5, 5.41) is 27.4. The van der Waals surface area contributed by atoms with E-state index in [1.54, 1.807) is 13.0 Å². The van der Waals surface area contributed by atoms with Crippen LogP contribution in [0.3, 0.4) is 0 Å². The van der Waals surface area contributed by atoms with E-state index >= 15 is 0 Å². The minimum Gasteiger partial charge on any atom is -0.394 e. The summed E-state index contributed by atoms with van der Waals surface area (Å²) in [6.07, 6.45) is 0. The van der Waals surface area contributed by atoms with E-state index in [1.807, 2.05) is 6.92 Å². The molecular weight excluding hydrogens is 270 g/mol. The zero-order valence-electron chi connectivity index (χ0n) is 10.9. The largest absolute Gasteiger partial charge is 0.394 e. The van der Waals surface area contributed by atoms with Crippen LogP contribution < -0.4 is 4.72 Å². The molecule has 1 rings (SSSR count). The van der Waals surface area contributed by atoms with Crippen LogP contribution in [0.2, 0.25) is 0 Å². The molecule has 0 aliphatic heterocycles. The topological polar surface area (TPSA) is 107 Å². The molecule has 6 nitrogen and oxygen atoms in total. The van der Waals surface area contributed by atoms with Crippen LogP contribution in [0.4, 0.5) is 0 Å². The highest BCUT2D eigenvalue weighted by Gasteiger charge is 2.33. The third-order valence-electron chi connectivity index (χ3n) is 3.05. The monoisotopic (exact) mass is 289 g/mol. The van der Waals surface area contributed by atoms with Crippen LogP contribution in [0.25, 0.3) is 0 Å². The third-order valence-corrected chi connectivity index (χ3v) is 4.62. The van der Waals surface area contributed by atoms with Crippen LogP contribution in [-0.2, 0) is 10.0 Å². The van der Waals surface area contributed by atoms with Crippen molar-refractivity contribution < 1.29 is 23.7 Å². The second-order valence-corrected chi connectivity index (χ2v) is 6.29. The Bertz CT molecular complexity index is 529. The van der Waals surface area contributed by atoms with Crippen molar-refractivity contribution in [1.29, 1.82) is 0 Å². The number of sulfonamides is 1. The lowest BCUT2D eigenvalue weighted by atomic mass is 10.1. The standard InChI is InChI=1S/C12H19NO5S/c1-9-3-4-11(5-10(9)2)19(17,18)13-12(6-14,7-15)8-16/h3-5,13-16H,6-8H2,1-2H3. The Labute approximate surface area is 112 Å². The Morgan fingerprint density at radius 3 is 2.00 bits per heavy atom. The van der Waals surface area contributed by atoms with Gasteiger partial charge in [0.15, 0.2) is 0 Å². The molecule has 0 atom stereocenters. The first-order valence-corrected chi connectivity index (χ1v) is 7.22. The molecule has 19 heavy (non-hydrogen) atoms. The molecule has 4 N–H and O–H groups in total. The van der Waals surface area contributed by atoms with Gasteiger partial charge in [0.25, 0.3) is 0 Å². The second kappa shape index (κ2) is 5.98. The van der Waals surface area contributed by atoms with Gasteiger partial charge in [0.2, 0.25) is 10.0 Å². The Balaban J connectivity index is 3.14. The molecule has 0 spiro atoms. The maximum absolute atomic E-state index is 12.1. The summed E-state index contributed by atoms with van der Waals surface area (Å²) in [5.41, 5.74) is 0.0969. The molecule has 0 radical (unpaired) electrons. The first kappa shape index (κ1) is 16.1. The molecule has 0 saturated heterocycles. The fraction of sp³-hybridized carbons (Fsp3) is 0.500. The lowest BCUT2D eigenvalue weighted by Crippen LogP contribution is -2.56. The van der Waals surface area contributed by atoms with E-state index in [1.165, 1.54) is 12.1 Å². The third kappa shape index (κ3) is 3.52. The van der Waals surface area contributed by atoms with Crippen molar-refractivity contribution in [3.05, 3.63) is 29.3 Å². The van der Waals surface area contributed by atoms with Gasteiger partial charge >= 0.3 is 0 Å². The van der Waals surface area contributed by atoms with Gasteiger partial charge in [0, 0.05) is 0 Å². The summed E-state index contributed by atoms with van der Waals surface area (Å²) >= 11 is 0. The van der Waals surface area contributed by atoms with Crippen LogP contribution in [-0.4, -0.2) is 49.1 Å². The zero-order chi connectivity index (χ0) is 14.7. The second-order valence-electron chi connectivity index (χ2n) is 4.61. The number of aryl methyl sites for hydroxylation is 2. The van der Waals surface area contributed by atoms with E-state index in [-0.39, 0.29) is 4.90 Å². The molecule has 0 amide bonds. The molecule has 0 heterocycles. The molecular formula is C12H19NO5S. The highest BCUT2D eigenvalue weighted by Crippen LogP contribution is 2.17. The Morgan fingerprint density at radius 1 is 1.05 bits per heavy atom. The fourth-order valence-electron chi connectivity index (χ4n) is 1.47. The van der Waals surface area contributed by atoms with E-state index in [0.29, 0.717) is 0 Å². The molecule has 0 saturated carbocycles. The minimum atomic E-state index is -3.92. The minimum absolute atomic E-state index is 0.0234. The number of aliphatic hydroxyl groups excluding tert-OH is 3. The van der Waals surface area contributed by atoms with Crippen molar-refractivity contribution in [2.75, 3.05) is 19.8 Å². The van der Waals surface area contributed by atoms with Gasteiger partial charge in [-0.1, -0.05) is 6.07 Å². The summed E-state index contributed by atoms with van der Waals surface area (Å²) in [7, 11) is -3.92. The molecule has 1 aromatic rings. The summed E-state index contributed by atoms with van der Waals surface area (Å²) in [6, 6.07) is 4.60. The van der Waals surface area contributed by atoms with E-state index in [4.69, 9.17) is 15.3 Å². The van der Waals surface area contributed by atoms with Gasteiger partial charge in [-0.2, -0.15) is 4.72 Å². The normalized spacial score (nSPS) is 12.7. The first-order valence-electron chi connectivity index (χ1n) is 5.74. The average Bonchev–Trinajstić information content (AvgIpc) is 2.39. The van der Waals surface area contributed by atoms with Crippen LogP contribution in [0.5, 0.6) is 0 Å². The summed E-state index contributed by atoms with van der Waals surface area (Å²) in [6.45, 7) is 1.53.